The summed E-state index contributed by atoms with van der Waals surface area (Å²) in [5.74, 6) is -0.143. The Hall–Kier alpha value is -0.500. The first-order valence-corrected chi connectivity index (χ1v) is 22.4. The zero-order valence-electron chi connectivity index (χ0n) is 33.2. The highest BCUT2D eigenvalue weighted by atomic mass is 31.2. The number of quaternary nitrogens is 1. The van der Waals surface area contributed by atoms with Crippen molar-refractivity contribution in [3.8, 4) is 0 Å². The molecule has 0 aromatic rings. The number of phosphoric acid groups is 1. The summed E-state index contributed by atoms with van der Waals surface area (Å²) >= 11 is 0. The minimum absolute atomic E-state index is 0.0783. The van der Waals surface area contributed by atoms with Gasteiger partial charge in [0.15, 0.2) is 0 Å². The number of carbonyl (C=O) groups is 1. The van der Waals surface area contributed by atoms with Gasteiger partial charge in [-0.1, -0.05) is 181 Å². The SMILES string of the molecule is CCCCCCCCCCCCCCCCCC(=O)N[C@@H](COP(=O)(O)OCC[N+](C)(C)C)[C@H](O)CCCCCCCCCCCCCC. The number of phosphoric ester groups is 1. The average molecular weight is 720 g/mol. The Morgan fingerprint density at radius 2 is 0.980 bits per heavy atom. The van der Waals surface area contributed by atoms with Crippen LogP contribution in [0.5, 0.6) is 0 Å². The van der Waals surface area contributed by atoms with E-state index in [9.17, 15) is 19.4 Å². The number of aliphatic hydroxyl groups is 1. The molecule has 1 amide bonds. The summed E-state index contributed by atoms with van der Waals surface area (Å²) < 4.78 is 23.6. The largest absolute Gasteiger partial charge is 0.472 e. The summed E-state index contributed by atoms with van der Waals surface area (Å²) in [4.78, 5) is 23.1. The number of hydrogen-bond donors (Lipinski definition) is 3. The lowest BCUT2D eigenvalue weighted by atomic mass is 10.0. The predicted octanol–water partition coefficient (Wildman–Crippen LogP) is 11.0. The second-order valence-corrected chi connectivity index (χ2v) is 17.2. The van der Waals surface area contributed by atoms with E-state index in [2.05, 4.69) is 19.2 Å². The van der Waals surface area contributed by atoms with Crippen LogP contribution in [-0.4, -0.2) is 73.4 Å². The van der Waals surface area contributed by atoms with Crippen LogP contribution in [0.15, 0.2) is 0 Å². The molecule has 49 heavy (non-hydrogen) atoms. The molecule has 0 saturated heterocycles. The summed E-state index contributed by atoms with van der Waals surface area (Å²) in [6.07, 6.45) is 34.0. The van der Waals surface area contributed by atoms with Crippen LogP contribution >= 0.6 is 7.82 Å². The van der Waals surface area contributed by atoms with Crippen LogP contribution in [0, 0.1) is 0 Å². The van der Waals surface area contributed by atoms with Gasteiger partial charge in [-0.05, 0) is 12.8 Å². The highest BCUT2D eigenvalue weighted by molar-refractivity contribution is 7.47. The van der Waals surface area contributed by atoms with Crippen LogP contribution in [0.25, 0.3) is 0 Å². The van der Waals surface area contributed by atoms with Crippen molar-refractivity contribution in [3.05, 3.63) is 0 Å². The zero-order valence-corrected chi connectivity index (χ0v) is 34.1. The van der Waals surface area contributed by atoms with E-state index < -0.39 is 20.0 Å². The number of unbranched alkanes of at least 4 members (excludes halogenated alkanes) is 25. The molecule has 1 unspecified atom stereocenters. The number of amides is 1. The third-order valence-electron chi connectivity index (χ3n) is 9.61. The molecular formula is C40H84N2O6P+. The molecule has 0 bridgehead atoms. The summed E-state index contributed by atoms with van der Waals surface area (Å²) in [6, 6.07) is -0.751. The predicted molar refractivity (Wildman–Crippen MR) is 208 cm³/mol. The molecule has 0 aliphatic rings. The Labute approximate surface area is 304 Å². The Kier molecular flexibility index (Phi) is 33.0. The monoisotopic (exact) mass is 720 g/mol. The molecule has 0 fully saturated rings. The first kappa shape index (κ1) is 48.5. The Morgan fingerprint density at radius 1 is 0.612 bits per heavy atom. The molecule has 9 heteroatoms. The molecule has 3 atom stereocenters. The minimum Gasteiger partial charge on any atom is -0.391 e. The molecule has 0 radical (unpaired) electrons. The van der Waals surface area contributed by atoms with Crippen molar-refractivity contribution in [1.29, 1.82) is 0 Å². The number of nitrogens with zero attached hydrogens (tertiary/aromatic N) is 1. The highest BCUT2D eigenvalue weighted by Gasteiger charge is 2.28. The molecule has 0 saturated carbocycles. The molecule has 3 N–H and O–H groups in total. The van der Waals surface area contributed by atoms with Gasteiger partial charge in [0.1, 0.15) is 13.2 Å². The summed E-state index contributed by atoms with van der Waals surface area (Å²) in [5.41, 5.74) is 0. The van der Waals surface area contributed by atoms with E-state index in [4.69, 9.17) is 9.05 Å². The Morgan fingerprint density at radius 3 is 1.37 bits per heavy atom. The van der Waals surface area contributed by atoms with Gasteiger partial charge in [-0.15, -0.1) is 0 Å². The quantitative estimate of drug-likeness (QED) is 0.0333. The normalized spacial score (nSPS) is 14.5. The van der Waals surface area contributed by atoms with Crippen molar-refractivity contribution in [2.45, 2.75) is 212 Å². The number of carbonyl (C=O) groups excluding carboxylic acids is 1. The standard InChI is InChI=1S/C40H83N2O6P/c1-6-8-10-12-14-16-18-20-21-22-24-26-28-30-32-34-40(44)41-38(37-48-49(45,46)47-36-35-42(3,4)5)39(43)33-31-29-27-25-23-19-17-15-13-11-9-7-2/h38-39,43H,6-37H2,1-5H3,(H-,41,44,45,46)/p+1/t38-,39+/m0/s1. The third-order valence-corrected chi connectivity index (χ3v) is 10.6. The van der Waals surface area contributed by atoms with Crippen molar-refractivity contribution in [3.63, 3.8) is 0 Å². The molecule has 0 heterocycles. The van der Waals surface area contributed by atoms with Gasteiger partial charge in [0, 0.05) is 6.42 Å². The Bertz CT molecular complexity index is 778. The molecule has 0 aromatic carbocycles. The zero-order chi connectivity index (χ0) is 36.5. The molecular weight excluding hydrogens is 635 g/mol. The Balaban J connectivity index is 4.37. The summed E-state index contributed by atoms with van der Waals surface area (Å²) in [6.45, 7) is 4.89. The summed E-state index contributed by atoms with van der Waals surface area (Å²) in [5, 5.41) is 13.9. The maximum absolute atomic E-state index is 12.8. The van der Waals surface area contributed by atoms with Gasteiger partial charge in [-0.25, -0.2) is 4.57 Å². The van der Waals surface area contributed by atoms with Gasteiger partial charge in [0.05, 0.1) is 39.9 Å². The number of aliphatic hydroxyl groups excluding tert-OH is 1. The van der Waals surface area contributed by atoms with Gasteiger partial charge >= 0.3 is 7.82 Å². The van der Waals surface area contributed by atoms with Crippen LogP contribution in [0.4, 0.5) is 0 Å². The van der Waals surface area contributed by atoms with Gasteiger partial charge in [-0.3, -0.25) is 13.8 Å². The fourth-order valence-corrected chi connectivity index (χ4v) is 6.96. The molecule has 294 valence electrons. The first-order chi connectivity index (χ1) is 23.5. The van der Waals surface area contributed by atoms with E-state index >= 15 is 0 Å². The van der Waals surface area contributed by atoms with E-state index in [0.29, 0.717) is 23.9 Å². The molecule has 8 nitrogen and oxygen atoms in total. The van der Waals surface area contributed by atoms with Crippen LogP contribution < -0.4 is 5.32 Å². The second kappa shape index (κ2) is 33.3. The van der Waals surface area contributed by atoms with E-state index in [1.165, 1.54) is 135 Å². The van der Waals surface area contributed by atoms with E-state index in [-0.39, 0.29) is 19.1 Å². The molecule has 0 aliphatic carbocycles. The number of hydrogen-bond acceptors (Lipinski definition) is 5. The average Bonchev–Trinajstić information content (AvgIpc) is 3.04. The van der Waals surface area contributed by atoms with Crippen molar-refractivity contribution >= 4 is 13.7 Å². The van der Waals surface area contributed by atoms with Crippen molar-refractivity contribution in [1.82, 2.24) is 5.32 Å². The smallest absolute Gasteiger partial charge is 0.391 e. The van der Waals surface area contributed by atoms with Gasteiger partial charge in [-0.2, -0.15) is 0 Å². The molecule has 0 spiro atoms. The van der Waals surface area contributed by atoms with Crippen LogP contribution in [0.1, 0.15) is 200 Å². The van der Waals surface area contributed by atoms with Gasteiger partial charge in [0.25, 0.3) is 0 Å². The van der Waals surface area contributed by atoms with Crippen molar-refractivity contribution in [2.75, 3.05) is 40.9 Å². The van der Waals surface area contributed by atoms with Crippen molar-refractivity contribution < 1.29 is 32.9 Å². The summed E-state index contributed by atoms with van der Waals surface area (Å²) in [7, 11) is 1.62. The van der Waals surface area contributed by atoms with Gasteiger partial charge in [0.2, 0.25) is 5.91 Å². The number of nitrogens with one attached hydrogen (secondary N) is 1. The van der Waals surface area contributed by atoms with Crippen LogP contribution in [0.2, 0.25) is 0 Å². The van der Waals surface area contributed by atoms with Crippen LogP contribution in [-0.2, 0) is 18.4 Å². The maximum atomic E-state index is 12.8. The van der Waals surface area contributed by atoms with Crippen LogP contribution in [0.3, 0.4) is 0 Å². The fourth-order valence-electron chi connectivity index (χ4n) is 6.22. The topological polar surface area (TPSA) is 105 Å². The fraction of sp³-hybridized carbons (Fsp3) is 0.975. The first-order valence-electron chi connectivity index (χ1n) is 20.9. The van der Waals surface area contributed by atoms with E-state index in [1.54, 1.807) is 0 Å². The highest BCUT2D eigenvalue weighted by Crippen LogP contribution is 2.43. The van der Waals surface area contributed by atoms with E-state index in [1.807, 2.05) is 21.1 Å². The molecule has 0 aliphatic heterocycles. The minimum atomic E-state index is -4.30. The lowest BCUT2D eigenvalue weighted by molar-refractivity contribution is -0.870. The third kappa shape index (κ3) is 35.7. The van der Waals surface area contributed by atoms with Gasteiger partial charge < -0.3 is 19.8 Å². The van der Waals surface area contributed by atoms with Crippen molar-refractivity contribution in [2.24, 2.45) is 0 Å². The maximum Gasteiger partial charge on any atom is 0.472 e. The molecule has 0 rings (SSSR count). The number of likely N-dealkylation sites (N-methyl/N-ethyl adjacent to an activating group) is 1. The lowest BCUT2D eigenvalue weighted by Crippen LogP contribution is -2.46. The second-order valence-electron chi connectivity index (χ2n) is 15.7. The number of rotatable bonds is 38. The lowest BCUT2D eigenvalue weighted by Gasteiger charge is -2.26. The molecule has 0 aromatic heterocycles. The van der Waals surface area contributed by atoms with E-state index in [0.717, 1.165) is 38.5 Å².